The number of fused-ring (bicyclic) bond motifs is 6. The van der Waals surface area contributed by atoms with Crippen LogP contribution < -0.4 is 4.90 Å². The van der Waals surface area contributed by atoms with Gasteiger partial charge in [0.05, 0.1) is 5.39 Å². The van der Waals surface area contributed by atoms with Gasteiger partial charge in [0.1, 0.15) is 11.2 Å². The lowest BCUT2D eigenvalue weighted by atomic mass is 10.0. The van der Waals surface area contributed by atoms with Crippen LogP contribution >= 0.6 is 0 Å². The van der Waals surface area contributed by atoms with Crippen LogP contribution in [0.2, 0.25) is 0 Å². The second-order valence-electron chi connectivity index (χ2n) is 8.04. The van der Waals surface area contributed by atoms with Crippen molar-refractivity contribution in [3.8, 4) is 11.1 Å². The molecule has 146 valence electrons. The van der Waals surface area contributed by atoms with E-state index in [1.54, 1.807) is 0 Å². The Hall–Kier alpha value is -3.52. The zero-order valence-electron chi connectivity index (χ0n) is 17.1. The molecule has 6 rings (SSSR count). The minimum atomic E-state index is 0.895. The predicted octanol–water partition coefficient (Wildman–Crippen LogP) is 7.18. The maximum Gasteiger partial charge on any atom is 0.137 e. The van der Waals surface area contributed by atoms with Crippen molar-refractivity contribution in [1.29, 1.82) is 0 Å². The molecule has 0 amide bonds. The van der Waals surface area contributed by atoms with Gasteiger partial charge in [-0.15, -0.1) is 0 Å². The summed E-state index contributed by atoms with van der Waals surface area (Å²) >= 11 is 0. The SMILES string of the molecule is CCN(Cc1cccc2c1Cc1ccccc1-2)c1cccc2oc3ccccc3c12. The van der Waals surface area contributed by atoms with E-state index in [2.05, 4.69) is 90.7 Å². The van der Waals surface area contributed by atoms with Gasteiger partial charge in [-0.05, 0) is 59.4 Å². The van der Waals surface area contributed by atoms with Crippen molar-refractivity contribution in [2.24, 2.45) is 0 Å². The zero-order chi connectivity index (χ0) is 20.1. The topological polar surface area (TPSA) is 16.4 Å². The van der Waals surface area contributed by atoms with Crippen LogP contribution in [-0.4, -0.2) is 6.54 Å². The summed E-state index contributed by atoms with van der Waals surface area (Å²) in [6.07, 6.45) is 1.03. The van der Waals surface area contributed by atoms with Crippen LogP contribution in [0.1, 0.15) is 23.6 Å². The first-order chi connectivity index (χ1) is 14.8. The molecule has 5 aromatic rings. The molecule has 0 fully saturated rings. The van der Waals surface area contributed by atoms with E-state index in [9.17, 15) is 0 Å². The number of rotatable bonds is 4. The molecular formula is C28H23NO. The van der Waals surface area contributed by atoms with E-state index in [0.29, 0.717) is 0 Å². The zero-order valence-corrected chi connectivity index (χ0v) is 17.1. The fourth-order valence-electron chi connectivity index (χ4n) is 4.96. The van der Waals surface area contributed by atoms with Crippen molar-refractivity contribution in [2.45, 2.75) is 19.9 Å². The molecule has 0 saturated carbocycles. The number of hydrogen-bond donors (Lipinski definition) is 0. The van der Waals surface area contributed by atoms with E-state index in [1.165, 1.54) is 44.3 Å². The van der Waals surface area contributed by atoms with E-state index >= 15 is 0 Å². The van der Waals surface area contributed by atoms with Crippen LogP contribution in [0, 0.1) is 0 Å². The van der Waals surface area contributed by atoms with Crippen molar-refractivity contribution < 1.29 is 4.42 Å². The average molecular weight is 389 g/mol. The number of hydrogen-bond acceptors (Lipinski definition) is 2. The van der Waals surface area contributed by atoms with Gasteiger partial charge in [0, 0.05) is 24.2 Å². The Bertz CT molecular complexity index is 1390. The van der Waals surface area contributed by atoms with Gasteiger partial charge in [0.25, 0.3) is 0 Å². The lowest BCUT2D eigenvalue weighted by Crippen LogP contribution is -2.22. The van der Waals surface area contributed by atoms with E-state index < -0.39 is 0 Å². The van der Waals surface area contributed by atoms with Crippen LogP contribution in [0.25, 0.3) is 33.1 Å². The van der Waals surface area contributed by atoms with Gasteiger partial charge in [0.2, 0.25) is 0 Å². The highest BCUT2D eigenvalue weighted by atomic mass is 16.3. The Morgan fingerprint density at radius 2 is 1.53 bits per heavy atom. The van der Waals surface area contributed by atoms with Gasteiger partial charge in [-0.25, -0.2) is 0 Å². The molecule has 2 heteroatoms. The first kappa shape index (κ1) is 17.3. The summed E-state index contributed by atoms with van der Waals surface area (Å²) in [6, 6.07) is 30.3. The minimum Gasteiger partial charge on any atom is -0.456 e. The van der Waals surface area contributed by atoms with Crippen LogP contribution in [-0.2, 0) is 13.0 Å². The van der Waals surface area contributed by atoms with Crippen molar-refractivity contribution in [3.63, 3.8) is 0 Å². The van der Waals surface area contributed by atoms with Crippen molar-refractivity contribution in [3.05, 3.63) is 102 Å². The van der Waals surface area contributed by atoms with Crippen LogP contribution in [0.3, 0.4) is 0 Å². The second kappa shape index (κ2) is 6.77. The first-order valence-electron chi connectivity index (χ1n) is 10.7. The molecule has 0 spiro atoms. The highest BCUT2D eigenvalue weighted by Gasteiger charge is 2.22. The molecule has 0 atom stereocenters. The molecule has 1 aliphatic rings. The first-order valence-corrected chi connectivity index (χ1v) is 10.7. The largest absolute Gasteiger partial charge is 0.456 e. The molecule has 1 aliphatic carbocycles. The molecule has 0 unspecified atom stereocenters. The summed E-state index contributed by atoms with van der Waals surface area (Å²) in [6.45, 7) is 4.07. The molecule has 4 aromatic carbocycles. The fourth-order valence-corrected chi connectivity index (χ4v) is 4.96. The lowest BCUT2D eigenvalue weighted by molar-refractivity contribution is 0.668. The van der Waals surface area contributed by atoms with Crippen LogP contribution in [0.15, 0.2) is 89.3 Å². The summed E-state index contributed by atoms with van der Waals surface area (Å²) in [5.74, 6) is 0. The molecule has 30 heavy (non-hydrogen) atoms. The lowest BCUT2D eigenvalue weighted by Gasteiger charge is -2.25. The number of nitrogens with zero attached hydrogens (tertiary/aromatic N) is 1. The quantitative estimate of drug-likeness (QED) is 0.317. The van der Waals surface area contributed by atoms with Gasteiger partial charge in [-0.1, -0.05) is 66.7 Å². The van der Waals surface area contributed by atoms with Gasteiger partial charge >= 0.3 is 0 Å². The Kier molecular flexibility index (Phi) is 3.92. The second-order valence-corrected chi connectivity index (χ2v) is 8.04. The smallest absolute Gasteiger partial charge is 0.137 e. The molecule has 1 heterocycles. The predicted molar refractivity (Wildman–Crippen MR) is 125 cm³/mol. The Balaban J connectivity index is 1.45. The van der Waals surface area contributed by atoms with Crippen molar-refractivity contribution in [1.82, 2.24) is 0 Å². The highest BCUT2D eigenvalue weighted by molar-refractivity contribution is 6.11. The van der Waals surface area contributed by atoms with Crippen molar-refractivity contribution in [2.75, 3.05) is 11.4 Å². The fraction of sp³-hybridized carbons (Fsp3) is 0.143. The van der Waals surface area contributed by atoms with E-state index in [4.69, 9.17) is 4.42 Å². The van der Waals surface area contributed by atoms with Gasteiger partial charge in [-0.2, -0.15) is 0 Å². The molecule has 0 saturated heterocycles. The summed E-state index contributed by atoms with van der Waals surface area (Å²) < 4.78 is 6.13. The summed E-state index contributed by atoms with van der Waals surface area (Å²) in [5.41, 5.74) is 10.3. The number of anilines is 1. The summed E-state index contributed by atoms with van der Waals surface area (Å²) in [5, 5.41) is 2.40. The highest BCUT2D eigenvalue weighted by Crippen LogP contribution is 2.40. The Morgan fingerprint density at radius 1 is 0.767 bits per heavy atom. The maximum atomic E-state index is 6.13. The van der Waals surface area contributed by atoms with Gasteiger partial charge in [0.15, 0.2) is 0 Å². The third-order valence-electron chi connectivity index (χ3n) is 6.41. The number of para-hydroxylation sites is 1. The van der Waals surface area contributed by atoms with Crippen LogP contribution in [0.5, 0.6) is 0 Å². The summed E-state index contributed by atoms with van der Waals surface area (Å²) in [4.78, 5) is 2.48. The van der Waals surface area contributed by atoms with E-state index in [-0.39, 0.29) is 0 Å². The number of benzene rings is 4. The Labute approximate surface area is 176 Å². The third-order valence-corrected chi connectivity index (χ3v) is 6.41. The third kappa shape index (κ3) is 2.57. The molecule has 0 N–H and O–H groups in total. The summed E-state index contributed by atoms with van der Waals surface area (Å²) in [7, 11) is 0. The average Bonchev–Trinajstić information content (AvgIpc) is 3.36. The van der Waals surface area contributed by atoms with Crippen molar-refractivity contribution >= 4 is 27.6 Å². The molecule has 2 nitrogen and oxygen atoms in total. The number of furan rings is 1. The monoisotopic (exact) mass is 389 g/mol. The standard InChI is InChI=1S/C28H23NO/c1-2-29(25-14-8-16-27-28(25)23-12-5-6-15-26(23)30-27)18-20-10-7-13-22-21-11-4-3-9-19(21)17-24(20)22/h3-16H,2,17-18H2,1H3. The van der Waals surface area contributed by atoms with Gasteiger partial charge < -0.3 is 9.32 Å². The molecule has 1 aromatic heterocycles. The van der Waals surface area contributed by atoms with Gasteiger partial charge in [-0.3, -0.25) is 0 Å². The molecule has 0 radical (unpaired) electrons. The van der Waals surface area contributed by atoms with E-state index in [0.717, 1.165) is 30.7 Å². The molecule has 0 bridgehead atoms. The van der Waals surface area contributed by atoms with E-state index in [1.807, 2.05) is 6.07 Å². The Morgan fingerprint density at radius 3 is 2.47 bits per heavy atom. The van der Waals surface area contributed by atoms with Crippen LogP contribution in [0.4, 0.5) is 5.69 Å². The minimum absolute atomic E-state index is 0.895. The molecular weight excluding hydrogens is 366 g/mol. The molecule has 0 aliphatic heterocycles. The maximum absolute atomic E-state index is 6.13. The normalized spacial score (nSPS) is 12.3.